The minimum atomic E-state index is -0.337. The fourth-order valence-corrected chi connectivity index (χ4v) is 2.41. The minimum Gasteiger partial charge on any atom is -0.391 e. The summed E-state index contributed by atoms with van der Waals surface area (Å²) in [7, 11) is 0. The first-order chi connectivity index (χ1) is 6.60. The zero-order valence-electron chi connectivity index (χ0n) is 9.75. The van der Waals surface area contributed by atoms with E-state index in [1.54, 1.807) is 6.92 Å². The van der Waals surface area contributed by atoms with E-state index in [9.17, 15) is 5.11 Å². The molecule has 0 aliphatic heterocycles. The molecule has 1 aliphatic rings. The Hall–Kier alpha value is -0.0800. The molecule has 2 atom stereocenters. The molecule has 0 bridgehead atoms. The molecule has 0 heterocycles. The lowest BCUT2D eigenvalue weighted by atomic mass is 9.85. The van der Waals surface area contributed by atoms with Crippen molar-refractivity contribution in [1.29, 1.82) is 0 Å². The van der Waals surface area contributed by atoms with Gasteiger partial charge in [0.15, 0.2) is 0 Å². The molecule has 1 rings (SSSR count). The molecule has 1 fully saturated rings. The maximum absolute atomic E-state index is 9.26. The second-order valence-electron chi connectivity index (χ2n) is 4.74. The lowest BCUT2D eigenvalue weighted by Crippen LogP contribution is -2.38. The molecule has 1 N–H and O–H groups in total. The predicted octanol–water partition coefficient (Wildman–Crippen LogP) is 2.74. The van der Waals surface area contributed by atoms with E-state index in [1.165, 1.54) is 32.1 Å². The number of rotatable bonds is 5. The van der Waals surface area contributed by atoms with Crippen LogP contribution in [0.5, 0.6) is 0 Å². The van der Waals surface area contributed by atoms with Crippen LogP contribution in [0.25, 0.3) is 0 Å². The van der Waals surface area contributed by atoms with Gasteiger partial charge in [-0.1, -0.05) is 33.1 Å². The quantitative estimate of drug-likeness (QED) is 0.739. The van der Waals surface area contributed by atoms with Crippen molar-refractivity contribution in [1.82, 2.24) is 0 Å². The van der Waals surface area contributed by atoms with Gasteiger partial charge >= 0.3 is 0 Å². The van der Waals surface area contributed by atoms with Gasteiger partial charge in [0, 0.05) is 0 Å². The van der Waals surface area contributed by atoms with Gasteiger partial charge in [0.2, 0.25) is 0 Å². The minimum absolute atomic E-state index is 0.0751. The van der Waals surface area contributed by atoms with Crippen LogP contribution in [0.15, 0.2) is 0 Å². The van der Waals surface area contributed by atoms with Crippen LogP contribution in [0.4, 0.5) is 0 Å². The summed E-state index contributed by atoms with van der Waals surface area (Å²) in [5.41, 5.74) is 0.0751. The number of hydrogen-bond donors (Lipinski definition) is 1. The van der Waals surface area contributed by atoms with Crippen molar-refractivity contribution >= 4 is 0 Å². The van der Waals surface area contributed by atoms with Crippen LogP contribution in [0, 0.1) is 5.92 Å². The van der Waals surface area contributed by atoms with Crippen molar-refractivity contribution in [3.63, 3.8) is 0 Å². The van der Waals surface area contributed by atoms with E-state index >= 15 is 0 Å². The molecule has 2 nitrogen and oxygen atoms in total. The summed E-state index contributed by atoms with van der Waals surface area (Å²) in [6.07, 6.45) is 5.74. The van der Waals surface area contributed by atoms with Crippen LogP contribution in [0.2, 0.25) is 0 Å². The van der Waals surface area contributed by atoms with Gasteiger partial charge in [-0.25, -0.2) is 0 Å². The largest absolute Gasteiger partial charge is 0.391 e. The van der Waals surface area contributed by atoms with E-state index in [0.717, 1.165) is 0 Å². The van der Waals surface area contributed by atoms with Gasteiger partial charge in [0.25, 0.3) is 0 Å². The van der Waals surface area contributed by atoms with Gasteiger partial charge in [-0.05, 0) is 25.7 Å². The monoisotopic (exact) mass is 200 g/mol. The summed E-state index contributed by atoms with van der Waals surface area (Å²) < 4.78 is 5.95. The van der Waals surface area contributed by atoms with E-state index in [0.29, 0.717) is 12.5 Å². The maximum atomic E-state index is 9.26. The Morgan fingerprint density at radius 2 is 1.86 bits per heavy atom. The highest BCUT2D eigenvalue weighted by Crippen LogP contribution is 2.40. The third-order valence-electron chi connectivity index (χ3n) is 3.57. The van der Waals surface area contributed by atoms with Crippen LogP contribution in [0.3, 0.4) is 0 Å². The number of ether oxygens (including phenoxy) is 1. The molecular weight excluding hydrogens is 176 g/mol. The van der Waals surface area contributed by atoms with Gasteiger partial charge in [-0.3, -0.25) is 0 Å². The lowest BCUT2D eigenvalue weighted by Gasteiger charge is -2.35. The SMILES string of the molecule is CCC(C)C1(OCC(C)O)CCCC1. The first kappa shape index (κ1) is 12.0. The number of aliphatic hydroxyl groups excluding tert-OH is 1. The third-order valence-corrected chi connectivity index (χ3v) is 3.57. The Morgan fingerprint density at radius 1 is 1.29 bits per heavy atom. The van der Waals surface area contributed by atoms with Crippen LogP contribution in [-0.2, 0) is 4.74 Å². The third kappa shape index (κ3) is 2.71. The Bertz CT molecular complexity index is 160. The van der Waals surface area contributed by atoms with Crippen molar-refractivity contribution < 1.29 is 9.84 Å². The zero-order valence-corrected chi connectivity index (χ0v) is 9.75. The molecule has 0 saturated heterocycles. The number of hydrogen-bond acceptors (Lipinski definition) is 2. The average Bonchev–Trinajstić information content (AvgIpc) is 2.63. The van der Waals surface area contributed by atoms with Crippen molar-refractivity contribution in [2.75, 3.05) is 6.61 Å². The number of aliphatic hydroxyl groups is 1. The van der Waals surface area contributed by atoms with E-state index in [4.69, 9.17) is 4.74 Å². The van der Waals surface area contributed by atoms with Crippen molar-refractivity contribution in [2.24, 2.45) is 5.92 Å². The molecule has 0 radical (unpaired) electrons. The molecule has 2 heteroatoms. The summed E-state index contributed by atoms with van der Waals surface area (Å²) >= 11 is 0. The first-order valence-electron chi connectivity index (χ1n) is 5.93. The van der Waals surface area contributed by atoms with E-state index in [-0.39, 0.29) is 11.7 Å². The smallest absolute Gasteiger partial charge is 0.0745 e. The molecule has 0 aromatic rings. The maximum Gasteiger partial charge on any atom is 0.0745 e. The topological polar surface area (TPSA) is 29.5 Å². The van der Waals surface area contributed by atoms with Gasteiger partial charge in [-0.15, -0.1) is 0 Å². The van der Waals surface area contributed by atoms with Crippen LogP contribution in [0.1, 0.15) is 52.9 Å². The zero-order chi connectivity index (χ0) is 10.6. The fourth-order valence-electron chi connectivity index (χ4n) is 2.41. The van der Waals surface area contributed by atoms with Gasteiger partial charge in [0.1, 0.15) is 0 Å². The highest BCUT2D eigenvalue weighted by molar-refractivity contribution is 4.90. The molecule has 84 valence electrons. The summed E-state index contributed by atoms with van der Waals surface area (Å²) in [6.45, 7) is 6.77. The van der Waals surface area contributed by atoms with Crippen molar-refractivity contribution in [2.45, 2.75) is 64.6 Å². The molecule has 0 aromatic carbocycles. The second kappa shape index (κ2) is 5.13. The molecule has 2 unspecified atom stereocenters. The molecule has 14 heavy (non-hydrogen) atoms. The van der Waals surface area contributed by atoms with Gasteiger partial charge in [-0.2, -0.15) is 0 Å². The van der Waals surface area contributed by atoms with E-state index in [2.05, 4.69) is 13.8 Å². The summed E-state index contributed by atoms with van der Waals surface area (Å²) in [5, 5.41) is 9.26. The van der Waals surface area contributed by atoms with Crippen LogP contribution < -0.4 is 0 Å². The summed E-state index contributed by atoms with van der Waals surface area (Å²) in [4.78, 5) is 0. The average molecular weight is 200 g/mol. The van der Waals surface area contributed by atoms with E-state index < -0.39 is 0 Å². The van der Waals surface area contributed by atoms with Gasteiger partial charge in [0.05, 0.1) is 18.3 Å². The van der Waals surface area contributed by atoms with E-state index in [1.807, 2.05) is 0 Å². The highest BCUT2D eigenvalue weighted by Gasteiger charge is 2.39. The molecule has 0 spiro atoms. The Balaban J connectivity index is 2.53. The predicted molar refractivity (Wildman–Crippen MR) is 58.3 cm³/mol. The first-order valence-corrected chi connectivity index (χ1v) is 5.93. The Labute approximate surface area is 87.7 Å². The molecular formula is C12H24O2. The highest BCUT2D eigenvalue weighted by atomic mass is 16.5. The van der Waals surface area contributed by atoms with Gasteiger partial charge < -0.3 is 9.84 Å². The molecule has 0 amide bonds. The van der Waals surface area contributed by atoms with Crippen LogP contribution >= 0.6 is 0 Å². The summed E-state index contributed by atoms with van der Waals surface area (Å²) in [6, 6.07) is 0. The second-order valence-corrected chi connectivity index (χ2v) is 4.74. The lowest BCUT2D eigenvalue weighted by molar-refractivity contribution is -0.103. The fraction of sp³-hybridized carbons (Fsp3) is 1.00. The van der Waals surface area contributed by atoms with Crippen molar-refractivity contribution in [3.8, 4) is 0 Å². The summed E-state index contributed by atoms with van der Waals surface area (Å²) in [5.74, 6) is 0.615. The molecule has 1 saturated carbocycles. The molecule has 1 aliphatic carbocycles. The Morgan fingerprint density at radius 3 is 2.29 bits per heavy atom. The normalized spacial score (nSPS) is 24.9. The van der Waals surface area contributed by atoms with Crippen molar-refractivity contribution in [3.05, 3.63) is 0 Å². The van der Waals surface area contributed by atoms with Crippen LogP contribution in [-0.4, -0.2) is 23.4 Å². The standard InChI is InChI=1S/C12H24O2/c1-4-10(2)12(7-5-6-8-12)14-9-11(3)13/h10-11,13H,4-9H2,1-3H3. The Kier molecular flexibility index (Phi) is 4.39. The molecule has 0 aromatic heterocycles.